The van der Waals surface area contributed by atoms with E-state index in [1.807, 2.05) is 18.2 Å². The minimum Gasteiger partial charge on any atom is -0.302 e. The van der Waals surface area contributed by atoms with Crippen LogP contribution >= 0.6 is 0 Å². The molecular weight excluding hydrogens is 306 g/mol. The van der Waals surface area contributed by atoms with Crippen molar-refractivity contribution in [2.24, 2.45) is 0 Å². The highest BCUT2D eigenvalue weighted by molar-refractivity contribution is 5.62. The number of hydrogen-bond acceptors (Lipinski definition) is 2. The molecule has 1 heterocycles. The van der Waals surface area contributed by atoms with Crippen LogP contribution < -0.4 is 0 Å². The summed E-state index contributed by atoms with van der Waals surface area (Å²) in [4.78, 5) is 14.0. The van der Waals surface area contributed by atoms with Gasteiger partial charge in [-0.15, -0.1) is 0 Å². The van der Waals surface area contributed by atoms with Gasteiger partial charge in [0.1, 0.15) is 6.29 Å². The molecule has 25 heavy (non-hydrogen) atoms. The quantitative estimate of drug-likeness (QED) is 0.516. The lowest BCUT2D eigenvalue weighted by Crippen LogP contribution is -2.60. The predicted octanol–water partition coefficient (Wildman–Crippen LogP) is 4.25. The van der Waals surface area contributed by atoms with Crippen molar-refractivity contribution in [1.29, 1.82) is 0 Å². The van der Waals surface area contributed by atoms with E-state index in [0.717, 1.165) is 19.3 Å². The fourth-order valence-electron chi connectivity index (χ4n) is 4.00. The highest BCUT2D eigenvalue weighted by Crippen LogP contribution is 2.46. The van der Waals surface area contributed by atoms with Gasteiger partial charge in [0, 0.05) is 6.54 Å². The van der Waals surface area contributed by atoms with E-state index in [0.29, 0.717) is 0 Å². The van der Waals surface area contributed by atoms with Gasteiger partial charge in [-0.25, -0.2) is 0 Å². The van der Waals surface area contributed by atoms with Crippen molar-refractivity contribution < 1.29 is 4.79 Å². The average molecular weight is 327 g/mol. The smallest absolute Gasteiger partial charge is 0.137 e. The third kappa shape index (κ3) is 2.50. The molecule has 3 aromatic rings. The molecule has 1 saturated heterocycles. The van der Waals surface area contributed by atoms with Crippen LogP contribution in [-0.4, -0.2) is 23.8 Å². The van der Waals surface area contributed by atoms with E-state index in [4.69, 9.17) is 0 Å². The number of benzene rings is 3. The van der Waals surface area contributed by atoms with Crippen molar-refractivity contribution in [3.05, 3.63) is 108 Å². The topological polar surface area (TPSA) is 20.3 Å². The van der Waals surface area contributed by atoms with Gasteiger partial charge in [0.2, 0.25) is 0 Å². The Morgan fingerprint density at radius 2 is 1.12 bits per heavy atom. The summed E-state index contributed by atoms with van der Waals surface area (Å²) in [6, 6.07) is 31.5. The fraction of sp³-hybridized carbons (Fsp3) is 0.174. The number of aldehydes is 1. The first-order chi connectivity index (χ1) is 12.4. The van der Waals surface area contributed by atoms with Gasteiger partial charge >= 0.3 is 0 Å². The SMILES string of the molecule is O=C[C@@H]1CCN1C(c1ccccc1)(c1ccccc1)c1ccccc1. The molecule has 0 aromatic heterocycles. The Bertz CT molecular complexity index is 733. The zero-order valence-electron chi connectivity index (χ0n) is 14.1. The molecule has 1 aliphatic rings. The maximum absolute atomic E-state index is 11.7. The van der Waals surface area contributed by atoms with Crippen molar-refractivity contribution in [1.82, 2.24) is 4.90 Å². The molecule has 0 aliphatic carbocycles. The van der Waals surface area contributed by atoms with E-state index in [1.54, 1.807) is 0 Å². The Balaban J connectivity index is 2.03. The molecule has 124 valence electrons. The molecule has 2 nitrogen and oxygen atoms in total. The predicted molar refractivity (Wildman–Crippen MR) is 100 cm³/mol. The Morgan fingerprint density at radius 3 is 1.40 bits per heavy atom. The maximum atomic E-state index is 11.7. The molecule has 3 aromatic carbocycles. The van der Waals surface area contributed by atoms with Crippen molar-refractivity contribution in [3.63, 3.8) is 0 Å². The normalized spacial score (nSPS) is 17.7. The summed E-state index contributed by atoms with van der Waals surface area (Å²) in [6.07, 6.45) is 2.00. The third-order valence-electron chi connectivity index (χ3n) is 5.23. The molecule has 0 bridgehead atoms. The lowest BCUT2D eigenvalue weighted by Gasteiger charge is -2.53. The summed E-state index contributed by atoms with van der Waals surface area (Å²) in [5.41, 5.74) is 3.13. The minimum absolute atomic E-state index is 0.0550. The van der Waals surface area contributed by atoms with Crippen LogP contribution in [0.3, 0.4) is 0 Å². The number of carbonyl (C=O) groups excluding carboxylic acids is 1. The fourth-order valence-corrected chi connectivity index (χ4v) is 4.00. The van der Waals surface area contributed by atoms with Gasteiger partial charge in [-0.1, -0.05) is 91.0 Å². The molecule has 0 saturated carbocycles. The van der Waals surface area contributed by atoms with Gasteiger partial charge in [0.25, 0.3) is 0 Å². The van der Waals surface area contributed by atoms with Crippen molar-refractivity contribution >= 4 is 6.29 Å². The minimum atomic E-state index is -0.451. The van der Waals surface area contributed by atoms with E-state index in [-0.39, 0.29) is 6.04 Å². The average Bonchev–Trinajstić information content (AvgIpc) is 2.67. The number of carbonyl (C=O) groups is 1. The molecule has 4 rings (SSSR count). The van der Waals surface area contributed by atoms with Crippen LogP contribution in [0, 0.1) is 0 Å². The summed E-state index contributed by atoms with van der Waals surface area (Å²) in [7, 11) is 0. The largest absolute Gasteiger partial charge is 0.302 e. The standard InChI is InChI=1S/C23H21NO/c25-18-22-16-17-24(22)23(19-10-4-1-5-11-19,20-12-6-2-7-13-20)21-14-8-3-9-15-21/h1-15,18,22H,16-17H2/t22-/m0/s1. The van der Waals surface area contributed by atoms with Crippen molar-refractivity contribution in [2.45, 2.75) is 18.0 Å². The van der Waals surface area contributed by atoms with E-state index in [9.17, 15) is 4.79 Å². The number of rotatable bonds is 5. The summed E-state index contributed by atoms with van der Waals surface area (Å²) >= 11 is 0. The molecular formula is C23H21NO. The lowest BCUT2D eigenvalue weighted by molar-refractivity contribution is -0.119. The lowest BCUT2D eigenvalue weighted by atomic mass is 9.73. The molecule has 0 amide bonds. The molecule has 0 spiro atoms. The second-order valence-corrected chi connectivity index (χ2v) is 6.49. The highest BCUT2D eigenvalue weighted by Gasteiger charge is 2.48. The van der Waals surface area contributed by atoms with Gasteiger partial charge in [-0.2, -0.15) is 0 Å². The van der Waals surface area contributed by atoms with Crippen LogP contribution in [0.15, 0.2) is 91.0 Å². The zero-order valence-corrected chi connectivity index (χ0v) is 14.1. The zero-order chi connectivity index (χ0) is 17.1. The van der Waals surface area contributed by atoms with E-state index in [2.05, 4.69) is 77.7 Å². The molecule has 1 atom stereocenters. The Kier molecular flexibility index (Phi) is 4.21. The second-order valence-electron chi connectivity index (χ2n) is 6.49. The molecule has 0 radical (unpaired) electrons. The molecule has 1 aliphatic heterocycles. The van der Waals surface area contributed by atoms with Gasteiger partial charge in [0.15, 0.2) is 0 Å². The van der Waals surface area contributed by atoms with Crippen LogP contribution in [0.2, 0.25) is 0 Å². The number of hydrogen-bond donors (Lipinski definition) is 0. The monoisotopic (exact) mass is 327 g/mol. The van der Waals surface area contributed by atoms with Crippen LogP contribution in [0.25, 0.3) is 0 Å². The van der Waals surface area contributed by atoms with Gasteiger partial charge in [-0.05, 0) is 23.1 Å². The Morgan fingerprint density at radius 1 is 0.720 bits per heavy atom. The molecule has 2 heteroatoms. The van der Waals surface area contributed by atoms with Crippen LogP contribution in [-0.2, 0) is 10.3 Å². The number of likely N-dealkylation sites (tertiary alicyclic amines) is 1. The first-order valence-corrected chi connectivity index (χ1v) is 8.76. The summed E-state index contributed by atoms with van der Waals surface area (Å²) < 4.78 is 0. The number of nitrogens with zero attached hydrogens (tertiary/aromatic N) is 1. The van der Waals surface area contributed by atoms with Crippen LogP contribution in [0.1, 0.15) is 23.1 Å². The molecule has 0 N–H and O–H groups in total. The first kappa shape index (κ1) is 15.8. The van der Waals surface area contributed by atoms with Crippen LogP contribution in [0.5, 0.6) is 0 Å². The third-order valence-corrected chi connectivity index (χ3v) is 5.23. The second kappa shape index (κ2) is 6.66. The van der Waals surface area contributed by atoms with Crippen molar-refractivity contribution in [3.8, 4) is 0 Å². The van der Waals surface area contributed by atoms with E-state index < -0.39 is 5.54 Å². The highest BCUT2D eigenvalue weighted by atomic mass is 16.1. The van der Waals surface area contributed by atoms with Crippen molar-refractivity contribution in [2.75, 3.05) is 6.54 Å². The summed E-state index contributed by atoms with van der Waals surface area (Å²) in [5, 5.41) is 0. The van der Waals surface area contributed by atoms with Crippen LogP contribution in [0.4, 0.5) is 0 Å². The molecule has 1 fully saturated rings. The Hall–Kier alpha value is -2.71. The van der Waals surface area contributed by atoms with Gasteiger partial charge < -0.3 is 4.79 Å². The van der Waals surface area contributed by atoms with Gasteiger partial charge in [-0.3, -0.25) is 4.90 Å². The summed E-state index contributed by atoms with van der Waals surface area (Å²) in [6.45, 7) is 0.905. The summed E-state index contributed by atoms with van der Waals surface area (Å²) in [5.74, 6) is 0. The molecule has 0 unspecified atom stereocenters. The van der Waals surface area contributed by atoms with E-state index >= 15 is 0 Å². The Labute approximate surface area is 148 Å². The maximum Gasteiger partial charge on any atom is 0.137 e. The first-order valence-electron chi connectivity index (χ1n) is 8.76. The van der Waals surface area contributed by atoms with E-state index in [1.165, 1.54) is 16.7 Å². The van der Waals surface area contributed by atoms with Gasteiger partial charge in [0.05, 0.1) is 11.6 Å².